The Morgan fingerprint density at radius 3 is 2.96 bits per heavy atom. The number of nitrogens with one attached hydrogen (secondary N) is 1. The van der Waals surface area contributed by atoms with Crippen LogP contribution in [0.25, 0.3) is 17.0 Å². The summed E-state index contributed by atoms with van der Waals surface area (Å²) >= 11 is 0. The molecule has 24 heavy (non-hydrogen) atoms. The van der Waals surface area contributed by atoms with Gasteiger partial charge in [-0.05, 0) is 25.1 Å². The van der Waals surface area contributed by atoms with Gasteiger partial charge in [-0.3, -0.25) is 9.20 Å². The summed E-state index contributed by atoms with van der Waals surface area (Å²) in [4.78, 5) is 20.8. The number of carbonyl (C=O) groups is 1. The van der Waals surface area contributed by atoms with Crippen LogP contribution in [-0.4, -0.2) is 25.4 Å². The van der Waals surface area contributed by atoms with Gasteiger partial charge < -0.3 is 9.84 Å². The Labute approximate surface area is 137 Å². The van der Waals surface area contributed by atoms with Crippen LogP contribution in [-0.2, 0) is 0 Å². The molecule has 4 rings (SSSR count). The first-order valence-corrected chi connectivity index (χ1v) is 7.34. The van der Waals surface area contributed by atoms with Crippen molar-refractivity contribution in [3.05, 3.63) is 66.4 Å². The molecule has 7 nitrogen and oxygen atoms in total. The van der Waals surface area contributed by atoms with E-state index in [1.54, 1.807) is 19.2 Å². The van der Waals surface area contributed by atoms with Crippen molar-refractivity contribution in [1.29, 1.82) is 0 Å². The monoisotopic (exact) mass is 319 g/mol. The number of benzene rings is 1. The number of imidazole rings is 1. The topological polar surface area (TPSA) is 85.3 Å². The molecule has 1 amide bonds. The Kier molecular flexibility index (Phi) is 3.31. The van der Waals surface area contributed by atoms with Gasteiger partial charge in [0.1, 0.15) is 5.76 Å². The van der Waals surface area contributed by atoms with Crippen LogP contribution < -0.4 is 5.32 Å². The van der Waals surface area contributed by atoms with Crippen molar-refractivity contribution >= 4 is 17.4 Å². The maximum Gasteiger partial charge on any atom is 0.277 e. The summed E-state index contributed by atoms with van der Waals surface area (Å²) in [5.41, 5.74) is 2.56. The predicted octanol–water partition coefficient (Wildman–Crippen LogP) is 2.95. The molecule has 0 fully saturated rings. The van der Waals surface area contributed by atoms with E-state index in [9.17, 15) is 4.79 Å². The molecule has 0 atom stereocenters. The number of carbonyl (C=O) groups excluding carboxylic acids is 1. The molecule has 0 aliphatic carbocycles. The van der Waals surface area contributed by atoms with Crippen molar-refractivity contribution in [2.75, 3.05) is 5.32 Å². The first-order chi connectivity index (χ1) is 11.7. The highest BCUT2D eigenvalue weighted by Crippen LogP contribution is 2.22. The Morgan fingerprint density at radius 1 is 1.25 bits per heavy atom. The highest BCUT2D eigenvalue weighted by molar-refractivity contribution is 6.03. The number of fused-ring (bicyclic) bond motifs is 1. The molecule has 0 spiro atoms. The second-order valence-electron chi connectivity index (χ2n) is 5.31. The third-order valence-electron chi connectivity index (χ3n) is 3.51. The van der Waals surface area contributed by atoms with Crippen LogP contribution in [0, 0.1) is 6.92 Å². The fraction of sp³-hybridized carbons (Fsp3) is 0.0588. The molecule has 0 aliphatic rings. The number of anilines is 1. The van der Waals surface area contributed by atoms with Crippen LogP contribution in [0.4, 0.5) is 5.69 Å². The molecule has 0 saturated carbocycles. The Hall–Kier alpha value is -3.48. The van der Waals surface area contributed by atoms with Crippen molar-refractivity contribution in [2.24, 2.45) is 0 Å². The summed E-state index contributed by atoms with van der Waals surface area (Å²) in [6.07, 6.45) is 5.48. The number of aromatic nitrogens is 4. The van der Waals surface area contributed by atoms with Crippen LogP contribution in [0.1, 0.15) is 16.2 Å². The van der Waals surface area contributed by atoms with Gasteiger partial charge in [0.2, 0.25) is 5.78 Å². The van der Waals surface area contributed by atoms with Crippen LogP contribution in [0.3, 0.4) is 0 Å². The minimum absolute atomic E-state index is 0.245. The quantitative estimate of drug-likeness (QED) is 0.627. The van der Waals surface area contributed by atoms with Gasteiger partial charge >= 0.3 is 0 Å². The SMILES string of the molecule is Cc1cc(C(=O)Nc2cccc(-c3cn4cccnc4n3)c2)no1. The van der Waals surface area contributed by atoms with Gasteiger partial charge in [-0.2, -0.15) is 0 Å². The number of nitrogens with zero attached hydrogens (tertiary/aromatic N) is 4. The van der Waals surface area contributed by atoms with Crippen molar-refractivity contribution in [2.45, 2.75) is 6.92 Å². The van der Waals surface area contributed by atoms with E-state index in [0.717, 1.165) is 11.3 Å². The van der Waals surface area contributed by atoms with E-state index >= 15 is 0 Å². The van der Waals surface area contributed by atoms with E-state index < -0.39 is 0 Å². The third-order valence-corrected chi connectivity index (χ3v) is 3.51. The first kappa shape index (κ1) is 14.1. The highest BCUT2D eigenvalue weighted by Gasteiger charge is 2.12. The van der Waals surface area contributed by atoms with Crippen LogP contribution >= 0.6 is 0 Å². The highest BCUT2D eigenvalue weighted by atomic mass is 16.5. The molecule has 3 heterocycles. The second-order valence-corrected chi connectivity index (χ2v) is 5.31. The number of hydrogen-bond acceptors (Lipinski definition) is 5. The Morgan fingerprint density at radius 2 is 2.17 bits per heavy atom. The van der Waals surface area contributed by atoms with Gasteiger partial charge in [0.05, 0.1) is 5.69 Å². The van der Waals surface area contributed by atoms with E-state index in [-0.39, 0.29) is 11.6 Å². The normalized spacial score (nSPS) is 10.9. The predicted molar refractivity (Wildman–Crippen MR) is 87.6 cm³/mol. The van der Waals surface area contributed by atoms with E-state index in [4.69, 9.17) is 4.52 Å². The average molecular weight is 319 g/mol. The number of hydrogen-bond donors (Lipinski definition) is 1. The molecule has 3 aromatic heterocycles. The van der Waals surface area contributed by atoms with Gasteiger partial charge in [-0.15, -0.1) is 0 Å². The molecule has 0 saturated heterocycles. The summed E-state index contributed by atoms with van der Waals surface area (Å²) in [5, 5.41) is 6.51. The zero-order valence-electron chi connectivity index (χ0n) is 12.8. The lowest BCUT2D eigenvalue weighted by atomic mass is 10.1. The summed E-state index contributed by atoms with van der Waals surface area (Å²) in [6.45, 7) is 1.74. The Balaban J connectivity index is 1.62. The van der Waals surface area contributed by atoms with Crippen molar-refractivity contribution < 1.29 is 9.32 Å². The van der Waals surface area contributed by atoms with Gasteiger partial charge in [-0.25, -0.2) is 9.97 Å². The molecule has 1 aromatic carbocycles. The molecule has 0 bridgehead atoms. The second kappa shape index (κ2) is 5.62. The van der Waals surface area contributed by atoms with E-state index in [1.165, 1.54) is 0 Å². The lowest BCUT2D eigenvalue weighted by Crippen LogP contribution is -2.12. The standard InChI is InChI=1S/C17H13N5O2/c1-11-8-14(21-24-11)16(23)19-13-5-2-4-12(9-13)15-10-22-7-3-6-18-17(22)20-15/h2-10H,1H3,(H,19,23). The number of aryl methyl sites for hydroxylation is 1. The lowest BCUT2D eigenvalue weighted by molar-refractivity contribution is 0.101. The maximum atomic E-state index is 12.2. The molecule has 0 radical (unpaired) electrons. The summed E-state index contributed by atoms with van der Waals surface area (Å²) in [6, 6.07) is 10.9. The number of amides is 1. The minimum Gasteiger partial charge on any atom is -0.361 e. The van der Waals surface area contributed by atoms with Crippen LogP contribution in [0.5, 0.6) is 0 Å². The van der Waals surface area contributed by atoms with Gasteiger partial charge in [0, 0.05) is 35.9 Å². The smallest absolute Gasteiger partial charge is 0.277 e. The molecule has 1 N–H and O–H groups in total. The van der Waals surface area contributed by atoms with E-state index in [2.05, 4.69) is 20.4 Å². The molecule has 118 valence electrons. The van der Waals surface area contributed by atoms with Crippen LogP contribution in [0.2, 0.25) is 0 Å². The maximum absolute atomic E-state index is 12.2. The largest absolute Gasteiger partial charge is 0.361 e. The van der Waals surface area contributed by atoms with Crippen molar-refractivity contribution in [3.8, 4) is 11.3 Å². The molecular weight excluding hydrogens is 306 g/mol. The zero-order valence-corrected chi connectivity index (χ0v) is 12.8. The molecule has 0 aliphatic heterocycles. The van der Waals surface area contributed by atoms with E-state index in [0.29, 0.717) is 17.2 Å². The summed E-state index contributed by atoms with van der Waals surface area (Å²) in [5.74, 6) is 0.895. The minimum atomic E-state index is -0.319. The lowest BCUT2D eigenvalue weighted by Gasteiger charge is -2.04. The summed E-state index contributed by atoms with van der Waals surface area (Å²) < 4.78 is 6.77. The third kappa shape index (κ3) is 2.63. The average Bonchev–Trinajstić information content (AvgIpc) is 3.21. The fourth-order valence-corrected chi connectivity index (χ4v) is 2.39. The number of rotatable bonds is 3. The van der Waals surface area contributed by atoms with Gasteiger partial charge in [0.15, 0.2) is 5.69 Å². The molecule has 0 unspecified atom stereocenters. The Bertz CT molecular complexity index is 1000. The summed E-state index contributed by atoms with van der Waals surface area (Å²) in [7, 11) is 0. The molecule has 4 aromatic rings. The van der Waals surface area contributed by atoms with Crippen LogP contribution in [0.15, 0.2) is 59.5 Å². The first-order valence-electron chi connectivity index (χ1n) is 7.34. The van der Waals surface area contributed by atoms with Crippen molar-refractivity contribution in [3.63, 3.8) is 0 Å². The van der Waals surface area contributed by atoms with Crippen molar-refractivity contribution in [1.82, 2.24) is 19.5 Å². The van der Waals surface area contributed by atoms with Gasteiger partial charge in [0.25, 0.3) is 5.91 Å². The fourth-order valence-electron chi connectivity index (χ4n) is 2.39. The molecule has 7 heteroatoms. The zero-order chi connectivity index (χ0) is 16.5. The van der Waals surface area contributed by atoms with E-state index in [1.807, 2.05) is 47.1 Å². The van der Waals surface area contributed by atoms with Gasteiger partial charge in [-0.1, -0.05) is 17.3 Å². The molecular formula is C17H13N5O2.